The molecule has 0 aliphatic carbocycles. The molecule has 3 aromatic rings. The number of nitriles is 2. The maximum Gasteiger partial charge on any atom is 0.355 e. The molecule has 0 amide bonds. The zero-order chi connectivity index (χ0) is 18.7. The molecule has 1 aromatic heterocycles. The molecule has 0 unspecified atom stereocenters. The monoisotopic (exact) mass is 341 g/mol. The fourth-order valence-electron chi connectivity index (χ4n) is 3.00. The summed E-state index contributed by atoms with van der Waals surface area (Å²) in [5.41, 5.74) is 4.33. The lowest BCUT2D eigenvalue weighted by molar-refractivity contribution is 0.0591. The SMILES string of the molecule is COC(=O)c1c(-c2ccc(-c3ccccc3C#N)cc2)c(C#N)cn1C. The van der Waals surface area contributed by atoms with Crippen LogP contribution >= 0.6 is 0 Å². The van der Waals surface area contributed by atoms with Crippen molar-refractivity contribution in [2.45, 2.75) is 0 Å². The number of methoxy groups -OCH3 is 1. The van der Waals surface area contributed by atoms with Gasteiger partial charge in [-0.15, -0.1) is 0 Å². The number of rotatable bonds is 3. The molecule has 0 aliphatic heterocycles. The molecule has 0 bridgehead atoms. The van der Waals surface area contributed by atoms with Crippen molar-refractivity contribution in [2.24, 2.45) is 7.05 Å². The quantitative estimate of drug-likeness (QED) is 0.677. The third-order valence-corrected chi connectivity index (χ3v) is 4.21. The lowest BCUT2D eigenvalue weighted by Crippen LogP contribution is -2.08. The molecule has 1 heterocycles. The molecule has 5 heteroatoms. The fraction of sp³-hybridized carbons (Fsp3) is 0.0952. The van der Waals surface area contributed by atoms with Crippen LogP contribution in [0.5, 0.6) is 0 Å². The van der Waals surface area contributed by atoms with Crippen LogP contribution in [0, 0.1) is 22.7 Å². The first-order chi connectivity index (χ1) is 12.6. The van der Waals surface area contributed by atoms with Crippen molar-refractivity contribution < 1.29 is 9.53 Å². The van der Waals surface area contributed by atoms with Gasteiger partial charge in [0.1, 0.15) is 11.8 Å². The Morgan fingerprint density at radius 2 is 1.58 bits per heavy atom. The van der Waals surface area contributed by atoms with Crippen LogP contribution in [0.3, 0.4) is 0 Å². The number of ether oxygens (including phenoxy) is 1. The van der Waals surface area contributed by atoms with Crippen LogP contribution in [0.4, 0.5) is 0 Å². The number of aryl methyl sites for hydroxylation is 1. The molecule has 0 atom stereocenters. The molecule has 0 radical (unpaired) electrons. The van der Waals surface area contributed by atoms with Crippen molar-refractivity contribution in [2.75, 3.05) is 7.11 Å². The average Bonchev–Trinajstić information content (AvgIpc) is 3.03. The normalized spacial score (nSPS) is 10.0. The van der Waals surface area contributed by atoms with E-state index in [1.165, 1.54) is 7.11 Å². The number of hydrogen-bond donors (Lipinski definition) is 0. The Morgan fingerprint density at radius 1 is 0.962 bits per heavy atom. The van der Waals surface area contributed by atoms with Crippen molar-refractivity contribution in [3.63, 3.8) is 0 Å². The molecule has 3 rings (SSSR count). The molecule has 0 saturated heterocycles. The first kappa shape index (κ1) is 17.0. The van der Waals surface area contributed by atoms with E-state index in [9.17, 15) is 15.3 Å². The molecule has 0 aliphatic rings. The average molecular weight is 341 g/mol. The van der Waals surface area contributed by atoms with Crippen LogP contribution in [0.15, 0.2) is 54.7 Å². The van der Waals surface area contributed by atoms with Crippen LogP contribution in [-0.4, -0.2) is 17.6 Å². The number of esters is 1. The fourth-order valence-corrected chi connectivity index (χ4v) is 3.00. The van der Waals surface area contributed by atoms with Crippen molar-refractivity contribution >= 4 is 5.97 Å². The van der Waals surface area contributed by atoms with Crippen molar-refractivity contribution in [1.29, 1.82) is 10.5 Å². The predicted octanol–water partition coefficient (Wildman–Crippen LogP) is 3.89. The van der Waals surface area contributed by atoms with Gasteiger partial charge in [-0.25, -0.2) is 4.79 Å². The van der Waals surface area contributed by atoms with Gasteiger partial charge in [0, 0.05) is 18.8 Å². The maximum atomic E-state index is 12.1. The topological polar surface area (TPSA) is 78.8 Å². The van der Waals surface area contributed by atoms with Gasteiger partial charge in [-0.1, -0.05) is 42.5 Å². The van der Waals surface area contributed by atoms with E-state index in [4.69, 9.17) is 4.74 Å². The third-order valence-electron chi connectivity index (χ3n) is 4.21. The van der Waals surface area contributed by atoms with E-state index in [1.54, 1.807) is 23.9 Å². The van der Waals surface area contributed by atoms with Crippen LogP contribution in [0.1, 0.15) is 21.6 Å². The van der Waals surface area contributed by atoms with Crippen LogP contribution in [-0.2, 0) is 11.8 Å². The van der Waals surface area contributed by atoms with Gasteiger partial charge in [-0.3, -0.25) is 0 Å². The van der Waals surface area contributed by atoms with E-state index in [2.05, 4.69) is 12.1 Å². The highest BCUT2D eigenvalue weighted by Crippen LogP contribution is 2.32. The molecule has 0 fully saturated rings. The first-order valence-electron chi connectivity index (χ1n) is 7.88. The summed E-state index contributed by atoms with van der Waals surface area (Å²) in [5, 5.41) is 18.7. The van der Waals surface area contributed by atoms with E-state index >= 15 is 0 Å². The molecular formula is C21H15N3O2. The Kier molecular flexibility index (Phi) is 4.55. The summed E-state index contributed by atoms with van der Waals surface area (Å²) < 4.78 is 6.45. The summed E-state index contributed by atoms with van der Waals surface area (Å²) in [5.74, 6) is -0.497. The second kappa shape index (κ2) is 6.96. The van der Waals surface area contributed by atoms with Crippen LogP contribution in [0.25, 0.3) is 22.3 Å². The van der Waals surface area contributed by atoms with Crippen LogP contribution in [0.2, 0.25) is 0 Å². The minimum Gasteiger partial charge on any atom is -0.464 e. The predicted molar refractivity (Wildman–Crippen MR) is 97.1 cm³/mol. The number of carbonyl (C=O) groups excluding carboxylic acids is 1. The Bertz CT molecular complexity index is 1060. The molecule has 0 spiro atoms. The number of benzene rings is 2. The molecule has 0 N–H and O–H groups in total. The molecule has 126 valence electrons. The van der Waals surface area contributed by atoms with E-state index in [0.717, 1.165) is 16.7 Å². The van der Waals surface area contributed by atoms with Gasteiger partial charge < -0.3 is 9.30 Å². The second-order valence-corrected chi connectivity index (χ2v) is 5.72. The minimum absolute atomic E-state index is 0.328. The maximum absolute atomic E-state index is 12.1. The Labute approximate surface area is 151 Å². The van der Waals surface area contributed by atoms with Gasteiger partial charge in [0.15, 0.2) is 0 Å². The van der Waals surface area contributed by atoms with Crippen LogP contribution < -0.4 is 0 Å². The number of carbonyl (C=O) groups is 1. The van der Waals surface area contributed by atoms with Crippen molar-refractivity contribution in [3.05, 3.63) is 71.5 Å². The standard InChI is InChI=1S/C21H15N3O2/c1-24-13-17(12-23)19(20(24)21(25)26-2)15-9-7-14(8-10-15)18-6-4-3-5-16(18)11-22/h3-10,13H,1-2H3. The number of nitrogens with zero attached hydrogens (tertiary/aromatic N) is 3. The number of hydrogen-bond acceptors (Lipinski definition) is 4. The molecule has 2 aromatic carbocycles. The van der Waals surface area contributed by atoms with Gasteiger partial charge in [0.2, 0.25) is 0 Å². The highest BCUT2D eigenvalue weighted by Gasteiger charge is 2.22. The van der Waals surface area contributed by atoms with Gasteiger partial charge in [-0.2, -0.15) is 10.5 Å². The largest absolute Gasteiger partial charge is 0.464 e. The molecule has 5 nitrogen and oxygen atoms in total. The summed E-state index contributed by atoms with van der Waals surface area (Å²) in [4.78, 5) is 12.1. The highest BCUT2D eigenvalue weighted by atomic mass is 16.5. The van der Waals surface area contributed by atoms with Gasteiger partial charge >= 0.3 is 5.97 Å². The third kappa shape index (κ3) is 2.83. The summed E-state index contributed by atoms with van der Waals surface area (Å²) >= 11 is 0. The summed E-state index contributed by atoms with van der Waals surface area (Å²) in [6.45, 7) is 0. The first-order valence-corrected chi connectivity index (χ1v) is 7.88. The summed E-state index contributed by atoms with van der Waals surface area (Å²) in [6.07, 6.45) is 1.61. The van der Waals surface area contributed by atoms with Gasteiger partial charge in [0.05, 0.1) is 24.3 Å². The second-order valence-electron chi connectivity index (χ2n) is 5.72. The minimum atomic E-state index is -0.497. The smallest absolute Gasteiger partial charge is 0.355 e. The summed E-state index contributed by atoms with van der Waals surface area (Å²) in [6, 6.07) is 19.1. The van der Waals surface area contributed by atoms with E-state index in [1.807, 2.05) is 42.5 Å². The Balaban J connectivity index is 2.12. The summed E-state index contributed by atoms with van der Waals surface area (Å²) in [7, 11) is 3.02. The lowest BCUT2D eigenvalue weighted by Gasteiger charge is -2.08. The Hall–Kier alpha value is -3.83. The Morgan fingerprint density at radius 3 is 2.19 bits per heavy atom. The molecular weight excluding hydrogens is 326 g/mol. The lowest BCUT2D eigenvalue weighted by atomic mass is 9.96. The van der Waals surface area contributed by atoms with Gasteiger partial charge in [-0.05, 0) is 22.8 Å². The van der Waals surface area contributed by atoms with Crippen molar-refractivity contribution in [1.82, 2.24) is 4.57 Å². The zero-order valence-electron chi connectivity index (χ0n) is 14.4. The zero-order valence-corrected chi connectivity index (χ0v) is 14.4. The molecule has 0 saturated carbocycles. The highest BCUT2D eigenvalue weighted by molar-refractivity contribution is 5.98. The van der Waals surface area contributed by atoms with E-state index in [0.29, 0.717) is 22.4 Å². The van der Waals surface area contributed by atoms with Gasteiger partial charge in [0.25, 0.3) is 0 Å². The van der Waals surface area contributed by atoms with E-state index in [-0.39, 0.29) is 0 Å². The molecule has 26 heavy (non-hydrogen) atoms. The van der Waals surface area contributed by atoms with E-state index < -0.39 is 5.97 Å². The number of aromatic nitrogens is 1. The van der Waals surface area contributed by atoms with Crippen molar-refractivity contribution in [3.8, 4) is 34.4 Å².